The van der Waals surface area contributed by atoms with Gasteiger partial charge in [0.2, 0.25) is 11.8 Å². The Bertz CT molecular complexity index is 791. The third kappa shape index (κ3) is 3.80. The fraction of sp³-hybridized carbons (Fsp3) is 0.429. The number of imide groups is 1. The molecule has 2 unspecified atom stereocenters. The number of nitrogens with one attached hydrogen (secondary N) is 1. The Morgan fingerprint density at radius 1 is 1.07 bits per heavy atom. The second-order valence-electron chi connectivity index (χ2n) is 7.12. The van der Waals surface area contributed by atoms with Gasteiger partial charge < -0.3 is 5.32 Å². The van der Waals surface area contributed by atoms with Crippen LogP contribution in [-0.2, 0) is 22.4 Å². The number of benzene rings is 1. The minimum absolute atomic E-state index is 0.0450. The molecule has 0 spiro atoms. The van der Waals surface area contributed by atoms with Crippen molar-refractivity contribution in [2.45, 2.75) is 24.2 Å². The van der Waals surface area contributed by atoms with Crippen LogP contribution in [0.15, 0.2) is 45.8 Å². The Balaban J connectivity index is 1.37. The molecule has 1 saturated heterocycles. The van der Waals surface area contributed by atoms with Crippen molar-refractivity contribution >= 4 is 39.5 Å². The van der Waals surface area contributed by atoms with Crippen LogP contribution in [0, 0.1) is 11.8 Å². The lowest BCUT2D eigenvalue weighted by atomic mass is 9.91. The van der Waals surface area contributed by atoms with E-state index >= 15 is 0 Å². The van der Waals surface area contributed by atoms with E-state index < -0.39 is 0 Å². The molecule has 0 radical (unpaired) electrons. The monoisotopic (exact) mass is 446 g/mol. The molecule has 142 valence electrons. The number of hydrogen-bond donors (Lipinski definition) is 1. The molecule has 4 rings (SSSR count). The van der Waals surface area contributed by atoms with Crippen LogP contribution in [0.2, 0.25) is 0 Å². The largest absolute Gasteiger partial charge is 0.316 e. The van der Waals surface area contributed by atoms with E-state index in [1.807, 2.05) is 36.1 Å². The summed E-state index contributed by atoms with van der Waals surface area (Å²) < 4.78 is 1.14. The summed E-state index contributed by atoms with van der Waals surface area (Å²) >= 11 is 5.53. The summed E-state index contributed by atoms with van der Waals surface area (Å²) in [6.07, 6.45) is 10.3. The Labute approximate surface area is 172 Å². The maximum Gasteiger partial charge on any atom is 0.237 e. The number of nitrogens with zero attached hydrogens (tertiary/aromatic N) is 1. The van der Waals surface area contributed by atoms with Gasteiger partial charge in [-0.05, 0) is 71.2 Å². The van der Waals surface area contributed by atoms with E-state index in [4.69, 9.17) is 0 Å². The number of thioether (sulfide) groups is 1. The minimum atomic E-state index is -0.290. The summed E-state index contributed by atoms with van der Waals surface area (Å²) in [5, 5.41) is 3.46. The van der Waals surface area contributed by atoms with Crippen LogP contribution in [0.1, 0.15) is 17.5 Å². The van der Waals surface area contributed by atoms with Crippen LogP contribution < -0.4 is 5.32 Å². The van der Waals surface area contributed by atoms with Gasteiger partial charge >= 0.3 is 0 Å². The van der Waals surface area contributed by atoms with Gasteiger partial charge in [0.15, 0.2) is 0 Å². The molecule has 2 aliphatic heterocycles. The molecular formula is C21H23BrN2O2S. The van der Waals surface area contributed by atoms with E-state index in [0.717, 1.165) is 42.6 Å². The lowest BCUT2D eigenvalue weighted by Gasteiger charge is -2.16. The summed E-state index contributed by atoms with van der Waals surface area (Å²) in [6, 6.07) is 4.37. The van der Waals surface area contributed by atoms with Gasteiger partial charge in [-0.1, -0.05) is 30.4 Å². The third-order valence-electron chi connectivity index (χ3n) is 5.44. The van der Waals surface area contributed by atoms with Crippen LogP contribution in [0.5, 0.6) is 0 Å². The number of hydrogen-bond acceptors (Lipinski definition) is 4. The summed E-state index contributed by atoms with van der Waals surface area (Å²) in [5.41, 5.74) is 2.87. The third-order valence-corrected chi connectivity index (χ3v) is 7.61. The van der Waals surface area contributed by atoms with Gasteiger partial charge in [-0.3, -0.25) is 14.5 Å². The SMILES string of the molecule is O=C1C2C=CC=CC2C(=O)N1CCCSc1c(Br)ccc2c1CCNCC2. The van der Waals surface area contributed by atoms with Crippen molar-refractivity contribution in [1.29, 1.82) is 0 Å². The smallest absolute Gasteiger partial charge is 0.237 e. The fourth-order valence-electron chi connectivity index (χ4n) is 4.03. The number of carbonyl (C=O) groups is 2. The molecule has 4 nitrogen and oxygen atoms in total. The fourth-order valence-corrected chi connectivity index (χ4v) is 5.84. The molecule has 6 heteroatoms. The highest BCUT2D eigenvalue weighted by molar-refractivity contribution is 9.10. The molecule has 2 heterocycles. The van der Waals surface area contributed by atoms with Gasteiger partial charge in [0.25, 0.3) is 0 Å². The van der Waals surface area contributed by atoms with Gasteiger partial charge in [0.05, 0.1) is 11.8 Å². The molecule has 1 aliphatic carbocycles. The molecule has 2 amide bonds. The lowest BCUT2D eigenvalue weighted by Crippen LogP contribution is -2.32. The van der Waals surface area contributed by atoms with Crippen LogP contribution in [0.4, 0.5) is 0 Å². The minimum Gasteiger partial charge on any atom is -0.316 e. The van der Waals surface area contributed by atoms with Gasteiger partial charge in [0, 0.05) is 15.9 Å². The zero-order valence-electron chi connectivity index (χ0n) is 15.1. The van der Waals surface area contributed by atoms with Crippen molar-refractivity contribution in [3.05, 3.63) is 52.0 Å². The normalized spacial score (nSPS) is 24.1. The molecule has 1 fully saturated rings. The number of amides is 2. The van der Waals surface area contributed by atoms with E-state index in [1.54, 1.807) is 0 Å². The van der Waals surface area contributed by atoms with Crippen LogP contribution in [0.3, 0.4) is 0 Å². The van der Waals surface area contributed by atoms with Crippen molar-refractivity contribution in [2.75, 3.05) is 25.4 Å². The van der Waals surface area contributed by atoms with Crippen molar-refractivity contribution in [3.63, 3.8) is 0 Å². The Kier molecular flexibility index (Phi) is 5.85. The van der Waals surface area contributed by atoms with E-state index in [0.29, 0.717) is 6.54 Å². The maximum atomic E-state index is 12.5. The van der Waals surface area contributed by atoms with Crippen molar-refractivity contribution in [2.24, 2.45) is 11.8 Å². The average Bonchev–Trinajstić information content (AvgIpc) is 2.84. The van der Waals surface area contributed by atoms with Crippen LogP contribution in [0.25, 0.3) is 0 Å². The second kappa shape index (κ2) is 8.33. The number of likely N-dealkylation sites (tertiary alicyclic amines) is 1. The molecule has 0 bridgehead atoms. The van der Waals surface area contributed by atoms with E-state index in [9.17, 15) is 9.59 Å². The summed E-state index contributed by atoms with van der Waals surface area (Å²) in [5.74, 6) is 0.219. The molecular weight excluding hydrogens is 424 g/mol. The first-order valence-corrected chi connectivity index (χ1v) is 11.3. The maximum absolute atomic E-state index is 12.5. The highest BCUT2D eigenvalue weighted by atomic mass is 79.9. The van der Waals surface area contributed by atoms with Gasteiger partial charge in [-0.2, -0.15) is 0 Å². The molecule has 0 aromatic heterocycles. The number of allylic oxidation sites excluding steroid dienone is 2. The predicted molar refractivity (Wildman–Crippen MR) is 112 cm³/mol. The van der Waals surface area contributed by atoms with Crippen LogP contribution >= 0.6 is 27.7 Å². The quantitative estimate of drug-likeness (QED) is 0.428. The highest BCUT2D eigenvalue weighted by Gasteiger charge is 2.45. The molecule has 27 heavy (non-hydrogen) atoms. The number of fused-ring (bicyclic) bond motifs is 2. The topological polar surface area (TPSA) is 49.4 Å². The molecule has 1 aromatic rings. The van der Waals surface area contributed by atoms with Gasteiger partial charge in [-0.15, -0.1) is 11.8 Å². The summed E-state index contributed by atoms with van der Waals surface area (Å²) in [4.78, 5) is 27.8. The van der Waals surface area contributed by atoms with E-state index in [1.165, 1.54) is 20.9 Å². The average molecular weight is 447 g/mol. The van der Waals surface area contributed by atoms with E-state index in [2.05, 4.69) is 33.4 Å². The van der Waals surface area contributed by atoms with Crippen molar-refractivity contribution in [3.8, 4) is 0 Å². The number of carbonyl (C=O) groups excluding carboxylic acids is 2. The Hall–Kier alpha value is -1.37. The Morgan fingerprint density at radius 3 is 2.52 bits per heavy atom. The standard InChI is InChI=1S/C21H23BrN2O2S/c22-18-7-6-14-8-10-23-11-9-15(14)19(18)27-13-3-12-24-20(25)16-4-1-2-5-17(16)21(24)26/h1-2,4-7,16-17,23H,3,8-13H2. The van der Waals surface area contributed by atoms with Crippen molar-refractivity contribution in [1.82, 2.24) is 10.2 Å². The second-order valence-corrected chi connectivity index (χ2v) is 9.08. The van der Waals surface area contributed by atoms with E-state index in [-0.39, 0.29) is 23.7 Å². The zero-order chi connectivity index (χ0) is 18.8. The molecule has 1 N–H and O–H groups in total. The first-order chi connectivity index (χ1) is 13.2. The first kappa shape index (κ1) is 19.0. The summed E-state index contributed by atoms with van der Waals surface area (Å²) in [7, 11) is 0. The molecule has 3 aliphatic rings. The molecule has 0 saturated carbocycles. The number of rotatable bonds is 5. The Morgan fingerprint density at radius 2 is 1.78 bits per heavy atom. The summed E-state index contributed by atoms with van der Waals surface area (Å²) in [6.45, 7) is 2.55. The van der Waals surface area contributed by atoms with Crippen molar-refractivity contribution < 1.29 is 9.59 Å². The van der Waals surface area contributed by atoms with Crippen LogP contribution in [-0.4, -0.2) is 42.1 Å². The first-order valence-electron chi connectivity index (χ1n) is 9.51. The lowest BCUT2D eigenvalue weighted by molar-refractivity contribution is -0.139. The number of halogens is 1. The van der Waals surface area contributed by atoms with Gasteiger partial charge in [0.1, 0.15) is 0 Å². The highest BCUT2D eigenvalue weighted by Crippen LogP contribution is 2.35. The predicted octanol–water partition coefficient (Wildman–Crippen LogP) is 3.35. The molecule has 2 atom stereocenters. The molecule has 1 aromatic carbocycles. The zero-order valence-corrected chi connectivity index (χ0v) is 17.5. The van der Waals surface area contributed by atoms with Gasteiger partial charge in [-0.25, -0.2) is 0 Å².